The lowest BCUT2D eigenvalue weighted by atomic mass is 10.2. The van der Waals surface area contributed by atoms with Crippen LogP contribution in [0, 0.1) is 33.1 Å². The fourth-order valence-electron chi connectivity index (χ4n) is 1.26. The highest BCUT2D eigenvalue weighted by molar-refractivity contribution is 5.75. The van der Waals surface area contributed by atoms with Gasteiger partial charge in [-0.2, -0.15) is 0 Å². The number of carbonyl (C=O) groups excluding carboxylic acids is 1. The number of non-ortho nitro benzene ring substituents is 2. The lowest BCUT2D eigenvalue weighted by Gasteiger charge is -1.90. The Morgan fingerprint density at radius 1 is 0.818 bits per heavy atom. The van der Waals surface area contributed by atoms with Gasteiger partial charge in [0, 0.05) is 29.8 Å². The molecule has 0 aliphatic carbocycles. The van der Waals surface area contributed by atoms with E-state index in [2.05, 4.69) is 12.8 Å². The van der Waals surface area contributed by atoms with Gasteiger partial charge < -0.3 is 0 Å². The van der Waals surface area contributed by atoms with E-state index in [0.29, 0.717) is 11.8 Å². The van der Waals surface area contributed by atoms with Crippen molar-refractivity contribution in [1.29, 1.82) is 0 Å². The van der Waals surface area contributed by atoms with E-state index in [1.54, 1.807) is 18.2 Å². The number of nitro groups is 2. The van der Waals surface area contributed by atoms with Crippen LogP contribution in [0.3, 0.4) is 0 Å². The number of nitro benzene ring substituents is 2. The van der Waals surface area contributed by atoms with Crippen molar-refractivity contribution in [2.75, 3.05) is 0 Å². The summed E-state index contributed by atoms with van der Waals surface area (Å²) in [6.45, 7) is 0. The van der Waals surface area contributed by atoms with Crippen LogP contribution < -0.4 is 0 Å². The second-order valence-electron chi connectivity index (χ2n) is 3.56. The van der Waals surface area contributed by atoms with Gasteiger partial charge in [-0.05, 0) is 0 Å². The predicted molar refractivity (Wildman–Crippen MR) is 81.5 cm³/mol. The van der Waals surface area contributed by atoms with Crippen LogP contribution in [-0.2, 0) is 0 Å². The molecule has 0 saturated carbocycles. The fourth-order valence-corrected chi connectivity index (χ4v) is 1.26. The SMILES string of the molecule is C#C.O=Cc1cccc([N+](=O)[O-])c1.O=[N+]([O-])c1ccccc1. The number of hydrogen-bond acceptors (Lipinski definition) is 5. The van der Waals surface area contributed by atoms with Crippen LogP contribution in [0.4, 0.5) is 11.4 Å². The van der Waals surface area contributed by atoms with Crippen LogP contribution >= 0.6 is 0 Å². The van der Waals surface area contributed by atoms with Gasteiger partial charge >= 0.3 is 0 Å². The average Bonchev–Trinajstić information content (AvgIpc) is 2.58. The molecular weight excluding hydrogens is 288 g/mol. The molecular formula is C15H12N2O5. The zero-order valence-corrected chi connectivity index (χ0v) is 11.4. The first-order valence-electron chi connectivity index (χ1n) is 5.77. The topological polar surface area (TPSA) is 103 Å². The van der Waals surface area contributed by atoms with Gasteiger partial charge in [-0.25, -0.2) is 0 Å². The third-order valence-corrected chi connectivity index (χ3v) is 2.18. The largest absolute Gasteiger partial charge is 0.298 e. The summed E-state index contributed by atoms with van der Waals surface area (Å²) in [5, 5.41) is 20.2. The quantitative estimate of drug-likeness (QED) is 0.374. The van der Waals surface area contributed by atoms with Gasteiger partial charge in [0.25, 0.3) is 11.4 Å². The molecule has 0 spiro atoms. The highest BCUT2D eigenvalue weighted by Crippen LogP contribution is 2.11. The van der Waals surface area contributed by atoms with Crippen LogP contribution in [0.15, 0.2) is 54.6 Å². The second-order valence-corrected chi connectivity index (χ2v) is 3.56. The van der Waals surface area contributed by atoms with Gasteiger partial charge in [-0.15, -0.1) is 12.8 Å². The van der Waals surface area contributed by atoms with E-state index in [4.69, 9.17) is 0 Å². The summed E-state index contributed by atoms with van der Waals surface area (Å²) in [6.07, 6.45) is 8.58. The molecule has 0 N–H and O–H groups in total. The number of benzene rings is 2. The van der Waals surface area contributed by atoms with Gasteiger partial charge in [-0.3, -0.25) is 25.0 Å². The Hall–Kier alpha value is -3.53. The number of rotatable bonds is 3. The van der Waals surface area contributed by atoms with Gasteiger partial charge in [0.05, 0.1) is 9.85 Å². The van der Waals surface area contributed by atoms with Crippen molar-refractivity contribution in [3.05, 3.63) is 80.4 Å². The Labute approximate surface area is 126 Å². The highest BCUT2D eigenvalue weighted by Gasteiger charge is 2.03. The summed E-state index contributed by atoms with van der Waals surface area (Å²) in [5.41, 5.74) is 0.395. The standard InChI is InChI=1S/C7H5NO3.C6H5NO2.C2H2/c9-5-6-2-1-3-7(4-6)8(10)11;8-7(9)6-4-2-1-3-5-6;1-2/h1-5H;1-5H;1-2H. The van der Waals surface area contributed by atoms with Crippen LogP contribution in [0.1, 0.15) is 10.4 Å². The van der Waals surface area contributed by atoms with E-state index >= 15 is 0 Å². The summed E-state index contributed by atoms with van der Waals surface area (Å²) in [5.74, 6) is 0. The molecule has 0 bridgehead atoms. The van der Waals surface area contributed by atoms with Crippen molar-refractivity contribution < 1.29 is 14.6 Å². The molecule has 0 unspecified atom stereocenters. The van der Waals surface area contributed by atoms with Crippen molar-refractivity contribution in [2.24, 2.45) is 0 Å². The predicted octanol–water partition coefficient (Wildman–Crippen LogP) is 3.25. The van der Waals surface area contributed by atoms with Crippen LogP contribution in [0.5, 0.6) is 0 Å². The zero-order chi connectivity index (χ0) is 17.0. The third-order valence-electron chi connectivity index (χ3n) is 2.18. The average molecular weight is 300 g/mol. The number of carbonyl (C=O) groups is 1. The number of hydrogen-bond donors (Lipinski definition) is 0. The third kappa shape index (κ3) is 6.58. The Bertz CT molecular complexity index is 653. The first-order chi connectivity index (χ1) is 10.5. The maximum Gasteiger partial charge on any atom is 0.270 e. The van der Waals surface area contributed by atoms with Gasteiger partial charge in [0.1, 0.15) is 6.29 Å². The smallest absolute Gasteiger partial charge is 0.270 e. The molecule has 2 aromatic carbocycles. The van der Waals surface area contributed by atoms with Gasteiger partial charge in [-0.1, -0.05) is 30.3 Å². The molecule has 0 fully saturated rings. The molecule has 2 rings (SSSR count). The van der Waals surface area contributed by atoms with E-state index in [1.165, 1.54) is 36.4 Å². The number of aldehydes is 1. The second kappa shape index (κ2) is 10.3. The minimum absolute atomic E-state index is 0.0606. The molecule has 2 aromatic rings. The van der Waals surface area contributed by atoms with Crippen LogP contribution in [0.25, 0.3) is 0 Å². The van der Waals surface area contributed by atoms with E-state index in [1.807, 2.05) is 0 Å². The maximum absolute atomic E-state index is 10.2. The summed E-state index contributed by atoms with van der Waals surface area (Å²) >= 11 is 0. The molecule has 0 saturated heterocycles. The van der Waals surface area contributed by atoms with E-state index in [-0.39, 0.29) is 11.4 Å². The van der Waals surface area contributed by atoms with Crippen LogP contribution in [-0.4, -0.2) is 16.1 Å². The first-order valence-corrected chi connectivity index (χ1v) is 5.77. The molecule has 0 heterocycles. The zero-order valence-electron chi connectivity index (χ0n) is 11.4. The number of para-hydroxylation sites is 1. The summed E-state index contributed by atoms with van der Waals surface area (Å²) in [4.78, 5) is 29.4. The van der Waals surface area contributed by atoms with Crippen molar-refractivity contribution >= 4 is 17.7 Å². The summed E-state index contributed by atoms with van der Waals surface area (Å²) in [7, 11) is 0. The molecule has 7 nitrogen and oxygen atoms in total. The molecule has 22 heavy (non-hydrogen) atoms. The Kier molecular flexibility index (Phi) is 8.63. The van der Waals surface area contributed by atoms with Crippen molar-refractivity contribution in [1.82, 2.24) is 0 Å². The summed E-state index contributed by atoms with van der Waals surface area (Å²) in [6, 6.07) is 13.5. The van der Waals surface area contributed by atoms with E-state index in [9.17, 15) is 25.0 Å². The molecule has 0 aliphatic heterocycles. The minimum Gasteiger partial charge on any atom is -0.298 e. The molecule has 7 heteroatoms. The number of nitrogens with zero attached hydrogens (tertiary/aromatic N) is 2. The molecule has 0 amide bonds. The first kappa shape index (κ1) is 18.5. The molecule has 0 aliphatic rings. The monoisotopic (exact) mass is 300 g/mol. The molecule has 0 aromatic heterocycles. The lowest BCUT2D eigenvalue weighted by Crippen LogP contribution is -1.88. The van der Waals surface area contributed by atoms with Gasteiger partial charge in [0.2, 0.25) is 0 Å². The van der Waals surface area contributed by atoms with Crippen molar-refractivity contribution in [3.63, 3.8) is 0 Å². The number of terminal acetylenes is 1. The fraction of sp³-hybridized carbons (Fsp3) is 0. The molecule has 112 valence electrons. The Morgan fingerprint density at radius 2 is 1.32 bits per heavy atom. The normalized spacial score (nSPS) is 8.27. The van der Waals surface area contributed by atoms with Crippen LogP contribution in [0.2, 0.25) is 0 Å². The highest BCUT2D eigenvalue weighted by atomic mass is 16.6. The van der Waals surface area contributed by atoms with E-state index in [0.717, 1.165) is 0 Å². The minimum atomic E-state index is -0.535. The maximum atomic E-state index is 10.2. The van der Waals surface area contributed by atoms with Gasteiger partial charge in [0.15, 0.2) is 0 Å². The Morgan fingerprint density at radius 3 is 1.73 bits per heavy atom. The van der Waals surface area contributed by atoms with E-state index < -0.39 is 9.85 Å². The molecule has 0 radical (unpaired) electrons. The lowest BCUT2D eigenvalue weighted by molar-refractivity contribution is -0.385. The van der Waals surface area contributed by atoms with Crippen molar-refractivity contribution in [2.45, 2.75) is 0 Å². The van der Waals surface area contributed by atoms with Crippen molar-refractivity contribution in [3.8, 4) is 12.8 Å². The molecule has 0 atom stereocenters. The Balaban J connectivity index is 0.000000366. The summed E-state index contributed by atoms with van der Waals surface area (Å²) < 4.78 is 0.